The molecule has 7 heteroatoms. The molecule has 0 amide bonds. The van der Waals surface area contributed by atoms with E-state index in [0.717, 1.165) is 42.4 Å². The molecule has 1 aromatic rings. The monoisotopic (exact) mass is 410 g/mol. The number of benzene rings is 1. The second-order valence-corrected chi connectivity index (χ2v) is 8.25. The minimum absolute atomic E-state index is 0. The van der Waals surface area contributed by atoms with Gasteiger partial charge in [0.1, 0.15) is 0 Å². The first kappa shape index (κ1) is 19.9. The zero-order chi connectivity index (χ0) is 15.5. The van der Waals surface area contributed by atoms with Crippen molar-refractivity contribution in [1.82, 2.24) is 9.62 Å². The Hall–Kier alpha value is -0.140. The molecule has 0 atom stereocenters. The van der Waals surface area contributed by atoms with Crippen LogP contribution in [-0.2, 0) is 10.0 Å². The fourth-order valence-electron chi connectivity index (χ4n) is 2.73. The van der Waals surface area contributed by atoms with Gasteiger partial charge in [-0.15, -0.1) is 12.4 Å². The molecule has 2 rings (SSSR count). The molecule has 1 fully saturated rings. The summed E-state index contributed by atoms with van der Waals surface area (Å²) in [5, 5.41) is 3.29. The number of aryl methyl sites for hydroxylation is 1. The maximum absolute atomic E-state index is 13.0. The summed E-state index contributed by atoms with van der Waals surface area (Å²) < 4.78 is 28.6. The van der Waals surface area contributed by atoms with E-state index in [2.05, 4.69) is 21.2 Å². The average Bonchev–Trinajstić information content (AvgIpc) is 2.48. The summed E-state index contributed by atoms with van der Waals surface area (Å²) in [6.45, 7) is 6.30. The molecule has 0 saturated carbocycles. The normalized spacial score (nSPS) is 16.5. The lowest BCUT2D eigenvalue weighted by molar-refractivity contribution is 0.262. The lowest BCUT2D eigenvalue weighted by atomic mass is 10.1. The van der Waals surface area contributed by atoms with Gasteiger partial charge in [-0.1, -0.05) is 22.9 Å². The average molecular weight is 412 g/mol. The van der Waals surface area contributed by atoms with Gasteiger partial charge in [-0.2, -0.15) is 4.31 Å². The van der Waals surface area contributed by atoms with E-state index < -0.39 is 10.0 Å². The Kier molecular flexibility index (Phi) is 7.82. The molecule has 1 aliphatic heterocycles. The Bertz CT molecular complexity index is 589. The van der Waals surface area contributed by atoms with Crippen molar-refractivity contribution in [2.45, 2.75) is 44.0 Å². The molecule has 0 radical (unpaired) electrons. The van der Waals surface area contributed by atoms with Crippen LogP contribution in [0.15, 0.2) is 27.6 Å². The van der Waals surface area contributed by atoms with Gasteiger partial charge in [0.05, 0.1) is 4.90 Å². The number of nitrogens with zero attached hydrogens (tertiary/aromatic N) is 1. The van der Waals surface area contributed by atoms with Gasteiger partial charge in [-0.05, 0) is 63.0 Å². The zero-order valence-electron chi connectivity index (χ0n) is 13.0. The Morgan fingerprint density at radius 3 is 2.50 bits per heavy atom. The zero-order valence-corrected chi connectivity index (χ0v) is 16.2. The molecule has 1 saturated heterocycles. The number of piperidine rings is 1. The van der Waals surface area contributed by atoms with Gasteiger partial charge in [0, 0.05) is 17.1 Å². The summed E-state index contributed by atoms with van der Waals surface area (Å²) in [6.07, 6.45) is 2.60. The van der Waals surface area contributed by atoms with Crippen LogP contribution in [0.2, 0.25) is 0 Å². The summed E-state index contributed by atoms with van der Waals surface area (Å²) in [6, 6.07) is 5.37. The number of sulfonamides is 1. The quantitative estimate of drug-likeness (QED) is 0.808. The molecule has 0 aromatic heterocycles. The summed E-state index contributed by atoms with van der Waals surface area (Å²) in [5.41, 5.74) is 0.942. The second-order valence-electron chi connectivity index (χ2n) is 5.51. The number of hydrogen-bond acceptors (Lipinski definition) is 3. The first-order valence-corrected chi connectivity index (χ1v) is 9.69. The van der Waals surface area contributed by atoms with E-state index in [9.17, 15) is 8.42 Å². The Labute approximate surface area is 148 Å². The Balaban J connectivity index is 0.00000242. The third-order valence-electron chi connectivity index (χ3n) is 3.90. The molecule has 0 aliphatic carbocycles. The molecule has 0 bridgehead atoms. The van der Waals surface area contributed by atoms with Crippen LogP contribution in [0.4, 0.5) is 0 Å². The largest absolute Gasteiger partial charge is 0.317 e. The van der Waals surface area contributed by atoms with Crippen molar-refractivity contribution in [1.29, 1.82) is 0 Å². The first-order valence-electron chi connectivity index (χ1n) is 7.45. The standard InChI is InChI=1S/C15H23BrN2O2S.ClH/c1-3-10-18(13-6-8-17-9-7-13)21(19,20)14-4-5-15(16)12(2)11-14;/h4-5,11,13,17H,3,6-10H2,1-2H3;1H. The van der Waals surface area contributed by atoms with Gasteiger partial charge >= 0.3 is 0 Å². The minimum atomic E-state index is -3.42. The molecule has 0 spiro atoms. The van der Waals surface area contributed by atoms with Crippen LogP contribution in [0, 0.1) is 6.92 Å². The van der Waals surface area contributed by atoms with Crippen molar-refractivity contribution in [3.63, 3.8) is 0 Å². The van der Waals surface area contributed by atoms with Crippen LogP contribution in [0.5, 0.6) is 0 Å². The second kappa shape index (κ2) is 8.64. The smallest absolute Gasteiger partial charge is 0.243 e. The number of nitrogens with one attached hydrogen (secondary N) is 1. The van der Waals surface area contributed by atoms with Crippen molar-refractivity contribution in [3.05, 3.63) is 28.2 Å². The van der Waals surface area contributed by atoms with E-state index in [1.807, 2.05) is 19.9 Å². The summed E-state index contributed by atoms with van der Waals surface area (Å²) >= 11 is 3.42. The van der Waals surface area contributed by atoms with E-state index in [4.69, 9.17) is 0 Å². The maximum Gasteiger partial charge on any atom is 0.243 e. The van der Waals surface area contributed by atoms with Crippen molar-refractivity contribution in [2.75, 3.05) is 19.6 Å². The van der Waals surface area contributed by atoms with Crippen LogP contribution < -0.4 is 5.32 Å². The van der Waals surface area contributed by atoms with Crippen molar-refractivity contribution >= 4 is 38.4 Å². The fraction of sp³-hybridized carbons (Fsp3) is 0.600. The minimum Gasteiger partial charge on any atom is -0.317 e. The van der Waals surface area contributed by atoms with Crippen LogP contribution >= 0.6 is 28.3 Å². The Morgan fingerprint density at radius 1 is 1.32 bits per heavy atom. The predicted octanol–water partition coefficient (Wildman–Crippen LogP) is 3.33. The first-order chi connectivity index (χ1) is 9.96. The van der Waals surface area contributed by atoms with Gasteiger partial charge < -0.3 is 5.32 Å². The van der Waals surface area contributed by atoms with E-state index in [0.29, 0.717) is 11.4 Å². The van der Waals surface area contributed by atoms with Crippen LogP contribution in [0.25, 0.3) is 0 Å². The molecule has 1 heterocycles. The molecule has 126 valence electrons. The molecule has 4 nitrogen and oxygen atoms in total. The molecular weight excluding hydrogens is 388 g/mol. The number of hydrogen-bond donors (Lipinski definition) is 1. The van der Waals surface area contributed by atoms with Gasteiger partial charge in [-0.25, -0.2) is 8.42 Å². The topological polar surface area (TPSA) is 49.4 Å². The summed E-state index contributed by atoms with van der Waals surface area (Å²) in [7, 11) is -3.42. The lowest BCUT2D eigenvalue weighted by Gasteiger charge is -2.33. The van der Waals surface area contributed by atoms with Gasteiger partial charge in [0.15, 0.2) is 0 Å². The van der Waals surface area contributed by atoms with Gasteiger partial charge in [0.25, 0.3) is 0 Å². The summed E-state index contributed by atoms with van der Waals surface area (Å²) in [5.74, 6) is 0. The van der Waals surface area contributed by atoms with E-state index >= 15 is 0 Å². The lowest BCUT2D eigenvalue weighted by Crippen LogP contribution is -2.46. The molecule has 0 unspecified atom stereocenters. The number of halogens is 2. The van der Waals surface area contributed by atoms with Crippen molar-refractivity contribution in [2.24, 2.45) is 0 Å². The van der Waals surface area contributed by atoms with E-state index in [1.54, 1.807) is 16.4 Å². The molecule has 1 aromatic carbocycles. The molecular formula is C15H24BrClN2O2S. The SMILES string of the molecule is CCCN(C1CCNCC1)S(=O)(=O)c1ccc(Br)c(C)c1.Cl. The van der Waals surface area contributed by atoms with Crippen LogP contribution in [-0.4, -0.2) is 38.4 Å². The molecule has 1 N–H and O–H groups in total. The molecule has 1 aliphatic rings. The summed E-state index contributed by atoms with van der Waals surface area (Å²) in [4.78, 5) is 0.398. The van der Waals surface area contributed by atoms with E-state index in [-0.39, 0.29) is 18.4 Å². The van der Waals surface area contributed by atoms with Crippen LogP contribution in [0.3, 0.4) is 0 Å². The van der Waals surface area contributed by atoms with Crippen LogP contribution in [0.1, 0.15) is 31.7 Å². The highest BCUT2D eigenvalue weighted by molar-refractivity contribution is 9.10. The van der Waals surface area contributed by atoms with E-state index in [1.165, 1.54) is 0 Å². The fourth-order valence-corrected chi connectivity index (χ4v) is 4.84. The van der Waals surface area contributed by atoms with Crippen molar-refractivity contribution < 1.29 is 8.42 Å². The highest BCUT2D eigenvalue weighted by atomic mass is 79.9. The van der Waals surface area contributed by atoms with Gasteiger partial charge in [-0.3, -0.25) is 0 Å². The third-order valence-corrected chi connectivity index (χ3v) is 6.73. The maximum atomic E-state index is 13.0. The highest BCUT2D eigenvalue weighted by Crippen LogP contribution is 2.26. The van der Waals surface area contributed by atoms with Gasteiger partial charge in [0.2, 0.25) is 10.0 Å². The molecule has 22 heavy (non-hydrogen) atoms. The highest BCUT2D eigenvalue weighted by Gasteiger charge is 2.31. The Morgan fingerprint density at radius 2 is 1.95 bits per heavy atom. The number of rotatable bonds is 5. The predicted molar refractivity (Wildman–Crippen MR) is 96.2 cm³/mol. The third kappa shape index (κ3) is 4.45. The van der Waals surface area contributed by atoms with Crippen molar-refractivity contribution in [3.8, 4) is 0 Å².